The van der Waals surface area contributed by atoms with Crippen molar-refractivity contribution in [3.8, 4) is 0 Å². The van der Waals surface area contributed by atoms with Gasteiger partial charge in [-0.15, -0.1) is 0 Å². The van der Waals surface area contributed by atoms with Crippen molar-refractivity contribution in [1.29, 1.82) is 0 Å². The SMILES string of the molecule is O=S(=O)([O-])c1ccc(C(=C2C=CC(=[N+](Cc3ccccc3)Cc3ccccc3)C=C2)c2ccc(N(Cc3ccccc3)Cc3ccccc3)cc2)c(S(=O)(=O)[O-])c1.[Na+]. The van der Waals surface area contributed by atoms with Crippen molar-refractivity contribution in [2.45, 2.75) is 36.0 Å². The summed E-state index contributed by atoms with van der Waals surface area (Å²) in [7, 11) is -10.3. The van der Waals surface area contributed by atoms with Crippen molar-refractivity contribution in [3.05, 3.63) is 227 Å². The molecule has 0 amide bonds. The summed E-state index contributed by atoms with van der Waals surface area (Å²) in [6, 6.07) is 51.0. The molecule has 0 bridgehead atoms. The Hall–Kier alpha value is -5.17. The molecule has 0 heterocycles. The molecule has 6 aromatic carbocycles. The van der Waals surface area contributed by atoms with E-state index in [1.807, 2.05) is 121 Å². The second-order valence-corrected chi connectivity index (χ2v) is 16.4. The normalized spacial score (nSPS) is 12.5. The average molecular weight is 815 g/mol. The minimum Gasteiger partial charge on any atom is -0.744 e. The molecular formula is C47H39N2NaO6S2. The van der Waals surface area contributed by atoms with Gasteiger partial charge in [0, 0.05) is 47.6 Å². The minimum atomic E-state index is -5.25. The Labute approximate surface area is 362 Å². The average Bonchev–Trinajstić information content (AvgIpc) is 3.22. The fourth-order valence-corrected chi connectivity index (χ4v) is 8.20. The monoisotopic (exact) mass is 814 g/mol. The number of benzene rings is 6. The second kappa shape index (κ2) is 19.1. The zero-order valence-electron chi connectivity index (χ0n) is 31.9. The van der Waals surface area contributed by atoms with E-state index in [0.717, 1.165) is 39.7 Å². The molecule has 11 heteroatoms. The zero-order chi connectivity index (χ0) is 39.8. The van der Waals surface area contributed by atoms with Crippen LogP contribution in [0, 0.1) is 0 Å². The molecule has 58 heavy (non-hydrogen) atoms. The van der Waals surface area contributed by atoms with Crippen LogP contribution in [0.3, 0.4) is 0 Å². The van der Waals surface area contributed by atoms with Gasteiger partial charge in [0.2, 0.25) is 5.71 Å². The van der Waals surface area contributed by atoms with Crippen LogP contribution in [0.4, 0.5) is 5.69 Å². The Balaban J connectivity index is 0.00000567. The first-order valence-electron chi connectivity index (χ1n) is 18.3. The van der Waals surface area contributed by atoms with Crippen LogP contribution in [-0.4, -0.2) is 36.2 Å². The maximum Gasteiger partial charge on any atom is 1.00 e. The summed E-state index contributed by atoms with van der Waals surface area (Å²) in [5, 5.41) is 0. The van der Waals surface area contributed by atoms with Crippen LogP contribution in [0.2, 0.25) is 0 Å². The number of allylic oxidation sites excluding steroid dienone is 5. The van der Waals surface area contributed by atoms with Crippen LogP contribution in [0.5, 0.6) is 0 Å². The second-order valence-electron chi connectivity index (χ2n) is 13.7. The first-order valence-corrected chi connectivity index (χ1v) is 21.1. The van der Waals surface area contributed by atoms with Gasteiger partial charge >= 0.3 is 29.6 Å². The Bertz CT molecular complexity index is 2600. The van der Waals surface area contributed by atoms with E-state index < -0.39 is 30.0 Å². The van der Waals surface area contributed by atoms with Gasteiger partial charge in [0.25, 0.3) is 0 Å². The van der Waals surface area contributed by atoms with E-state index in [0.29, 0.717) is 49.0 Å². The third-order valence-corrected chi connectivity index (χ3v) is 11.4. The van der Waals surface area contributed by atoms with Gasteiger partial charge in [0.1, 0.15) is 20.2 Å². The summed E-state index contributed by atoms with van der Waals surface area (Å²) in [4.78, 5) is 0.631. The van der Waals surface area contributed by atoms with Crippen molar-refractivity contribution >= 4 is 37.2 Å². The molecule has 0 N–H and O–H groups in total. The van der Waals surface area contributed by atoms with Crippen molar-refractivity contribution in [3.63, 3.8) is 0 Å². The molecular weight excluding hydrogens is 776 g/mol. The fourth-order valence-electron chi connectivity index (χ4n) is 6.92. The molecule has 1 aliphatic rings. The molecule has 6 aromatic rings. The summed E-state index contributed by atoms with van der Waals surface area (Å²) in [6.07, 6.45) is 7.61. The topological polar surface area (TPSA) is 121 Å². The largest absolute Gasteiger partial charge is 1.00 e. The van der Waals surface area contributed by atoms with Crippen LogP contribution in [0.25, 0.3) is 5.57 Å². The van der Waals surface area contributed by atoms with Gasteiger partial charge in [-0.3, -0.25) is 0 Å². The third kappa shape index (κ3) is 10.9. The van der Waals surface area contributed by atoms with E-state index in [9.17, 15) is 25.9 Å². The number of anilines is 1. The van der Waals surface area contributed by atoms with E-state index in [1.165, 1.54) is 6.07 Å². The van der Waals surface area contributed by atoms with E-state index in [-0.39, 0.29) is 35.1 Å². The van der Waals surface area contributed by atoms with Crippen molar-refractivity contribution < 1.29 is 60.1 Å². The Morgan fingerprint density at radius 3 is 1.40 bits per heavy atom. The predicted octanol–water partition coefficient (Wildman–Crippen LogP) is 5.49. The Morgan fingerprint density at radius 2 is 0.966 bits per heavy atom. The fraction of sp³-hybridized carbons (Fsp3) is 0.0851. The van der Waals surface area contributed by atoms with Gasteiger partial charge < -0.3 is 14.0 Å². The molecule has 0 atom stereocenters. The van der Waals surface area contributed by atoms with Crippen molar-refractivity contribution in [1.82, 2.24) is 0 Å². The summed E-state index contributed by atoms with van der Waals surface area (Å²) >= 11 is 0. The molecule has 0 spiro atoms. The van der Waals surface area contributed by atoms with Crippen molar-refractivity contribution in [2.75, 3.05) is 4.90 Å². The van der Waals surface area contributed by atoms with E-state index >= 15 is 0 Å². The van der Waals surface area contributed by atoms with Crippen LogP contribution in [0.15, 0.2) is 203 Å². The van der Waals surface area contributed by atoms with Gasteiger partial charge in [0.05, 0.1) is 9.79 Å². The minimum absolute atomic E-state index is 0. The van der Waals surface area contributed by atoms with E-state index in [4.69, 9.17) is 0 Å². The standard InChI is InChI=1S/C47H40N2O6S2.Na/c50-56(51,52)44-29-30-45(46(31-44)57(53,54)55)47(40-21-25-42(26-22-40)48(32-36-13-5-1-6-14-36)33-37-15-7-2-8-16-37)41-23-27-43(28-24-41)49(34-38-17-9-3-10-18-38)35-39-19-11-4-12-20-39;/h1-31H,32-35H2,(H-,50,51,52,53,54,55);/q;+1/p-1. The van der Waals surface area contributed by atoms with E-state index in [1.54, 1.807) is 0 Å². The van der Waals surface area contributed by atoms with Gasteiger partial charge in [-0.05, 0) is 64.3 Å². The quantitative estimate of drug-likeness (QED) is 0.0860. The number of hydrogen-bond donors (Lipinski definition) is 0. The summed E-state index contributed by atoms with van der Waals surface area (Å²) in [6.45, 7) is 2.50. The Morgan fingerprint density at radius 1 is 0.517 bits per heavy atom. The molecule has 0 saturated carbocycles. The molecule has 0 aliphatic heterocycles. The van der Waals surface area contributed by atoms with Crippen LogP contribution in [0.1, 0.15) is 33.4 Å². The number of hydrogen-bond acceptors (Lipinski definition) is 7. The molecule has 0 fully saturated rings. The molecule has 7 rings (SSSR count). The predicted molar refractivity (Wildman–Crippen MR) is 221 cm³/mol. The molecule has 0 unspecified atom stereocenters. The number of nitrogens with zero attached hydrogens (tertiary/aromatic N) is 2. The van der Waals surface area contributed by atoms with Gasteiger partial charge in [-0.25, -0.2) is 21.4 Å². The molecule has 0 aromatic heterocycles. The maximum absolute atomic E-state index is 12.8. The smallest absolute Gasteiger partial charge is 0.744 e. The third-order valence-electron chi connectivity index (χ3n) is 9.69. The van der Waals surface area contributed by atoms with Crippen LogP contribution < -0.4 is 34.5 Å². The maximum atomic E-state index is 12.8. The van der Waals surface area contributed by atoms with Crippen LogP contribution in [-0.2, 0) is 46.4 Å². The first kappa shape index (κ1) is 42.4. The summed E-state index contributed by atoms with van der Waals surface area (Å²) in [5.74, 6) is 0. The first-order chi connectivity index (χ1) is 27.5. The van der Waals surface area contributed by atoms with Gasteiger partial charge in [-0.2, -0.15) is 0 Å². The molecule has 286 valence electrons. The molecule has 8 nitrogen and oxygen atoms in total. The number of rotatable bonds is 13. The zero-order valence-corrected chi connectivity index (χ0v) is 35.5. The summed E-state index contributed by atoms with van der Waals surface area (Å²) in [5.41, 5.74) is 7.83. The molecule has 0 radical (unpaired) electrons. The van der Waals surface area contributed by atoms with Gasteiger partial charge in [0.15, 0.2) is 13.1 Å². The molecule has 0 saturated heterocycles. The molecule has 1 aliphatic carbocycles. The van der Waals surface area contributed by atoms with E-state index in [2.05, 4.69) is 58.0 Å². The van der Waals surface area contributed by atoms with Gasteiger partial charge in [-0.1, -0.05) is 140 Å². The summed E-state index contributed by atoms with van der Waals surface area (Å²) < 4.78 is 76.6. The van der Waals surface area contributed by atoms with Crippen LogP contribution >= 0.6 is 0 Å². The Kier molecular flexibility index (Phi) is 13.9. The van der Waals surface area contributed by atoms with Crippen molar-refractivity contribution in [2.24, 2.45) is 0 Å².